The summed E-state index contributed by atoms with van der Waals surface area (Å²) in [6.07, 6.45) is 0.842. The van der Waals surface area contributed by atoms with Crippen LogP contribution in [0.15, 0.2) is 42.5 Å². The smallest absolute Gasteiger partial charge is 0.346 e. The molecule has 0 amide bonds. The summed E-state index contributed by atoms with van der Waals surface area (Å²) in [4.78, 5) is 12.1. The number of hydrogen-bond donors (Lipinski definition) is 0. The Hall–Kier alpha value is -1.29. The van der Waals surface area contributed by atoms with Gasteiger partial charge in [-0.15, -0.1) is 29.8 Å². The standard InChI is InChI=1S/C14H9O.Li/c15-14-12-7-3-1-5-10(12)9-11-6-2-4-8-13(11)14;/h1-7H,9H2;/q-1;+1. The van der Waals surface area contributed by atoms with E-state index in [4.69, 9.17) is 0 Å². The first-order chi connectivity index (χ1) is 7.36. The molecule has 1 aliphatic rings. The van der Waals surface area contributed by atoms with Gasteiger partial charge in [-0.3, -0.25) is 0 Å². The molecule has 3 rings (SSSR count). The topological polar surface area (TPSA) is 17.1 Å². The monoisotopic (exact) mass is 200 g/mol. The van der Waals surface area contributed by atoms with E-state index in [1.807, 2.05) is 36.4 Å². The third kappa shape index (κ3) is 1.63. The van der Waals surface area contributed by atoms with E-state index in [1.165, 1.54) is 0 Å². The van der Waals surface area contributed by atoms with Crippen LogP contribution < -0.4 is 18.9 Å². The van der Waals surface area contributed by atoms with Crippen LogP contribution in [0.2, 0.25) is 0 Å². The van der Waals surface area contributed by atoms with Gasteiger partial charge in [0.1, 0.15) is 5.78 Å². The van der Waals surface area contributed by atoms with Crippen molar-refractivity contribution < 1.29 is 23.7 Å². The molecule has 0 unspecified atom stereocenters. The van der Waals surface area contributed by atoms with E-state index in [1.54, 1.807) is 6.07 Å². The number of rotatable bonds is 0. The fraction of sp³-hybridized carbons (Fsp3) is 0.0714. The van der Waals surface area contributed by atoms with Gasteiger partial charge in [-0.2, -0.15) is 0 Å². The summed E-state index contributed by atoms with van der Waals surface area (Å²) in [5.74, 6) is 0.104. The van der Waals surface area contributed by atoms with Crippen molar-refractivity contribution in [1.29, 1.82) is 0 Å². The molecule has 0 heterocycles. The fourth-order valence-corrected chi connectivity index (χ4v) is 2.07. The first kappa shape index (κ1) is 11.2. The number of benzene rings is 2. The average molecular weight is 200 g/mol. The fourth-order valence-electron chi connectivity index (χ4n) is 2.07. The molecule has 72 valence electrons. The minimum atomic E-state index is 0. The van der Waals surface area contributed by atoms with Crippen LogP contribution in [0, 0.1) is 6.07 Å². The van der Waals surface area contributed by atoms with Crippen molar-refractivity contribution in [2.24, 2.45) is 0 Å². The van der Waals surface area contributed by atoms with Gasteiger partial charge in [0, 0.05) is 0 Å². The molecule has 0 radical (unpaired) electrons. The molecule has 0 spiro atoms. The summed E-state index contributed by atoms with van der Waals surface area (Å²) < 4.78 is 0. The zero-order valence-electron chi connectivity index (χ0n) is 9.16. The molecule has 0 aliphatic heterocycles. The average Bonchev–Trinajstić information content (AvgIpc) is 2.30. The maximum absolute atomic E-state index is 12.1. The summed E-state index contributed by atoms with van der Waals surface area (Å²) in [5.41, 5.74) is 3.76. The number of carbonyl (C=O) groups is 1. The van der Waals surface area contributed by atoms with Gasteiger partial charge in [0.15, 0.2) is 0 Å². The number of ketones is 1. The number of fused-ring (bicyclic) bond motifs is 2. The van der Waals surface area contributed by atoms with E-state index in [-0.39, 0.29) is 24.6 Å². The van der Waals surface area contributed by atoms with Gasteiger partial charge >= 0.3 is 18.9 Å². The molecular formula is C14H9LiO. The van der Waals surface area contributed by atoms with Crippen LogP contribution in [-0.2, 0) is 6.42 Å². The van der Waals surface area contributed by atoms with Crippen molar-refractivity contribution in [2.75, 3.05) is 0 Å². The van der Waals surface area contributed by atoms with Crippen LogP contribution in [0.1, 0.15) is 27.0 Å². The molecule has 2 heteroatoms. The number of hydrogen-bond acceptors (Lipinski definition) is 1. The van der Waals surface area contributed by atoms with Gasteiger partial charge in [-0.1, -0.05) is 35.4 Å². The maximum atomic E-state index is 12.1. The van der Waals surface area contributed by atoms with Crippen LogP contribution >= 0.6 is 0 Å². The molecule has 16 heavy (non-hydrogen) atoms. The molecular weight excluding hydrogens is 191 g/mol. The molecule has 2 aromatic carbocycles. The Bertz CT molecular complexity index is 498. The first-order valence-electron chi connectivity index (χ1n) is 4.98. The minimum absolute atomic E-state index is 0. The van der Waals surface area contributed by atoms with E-state index in [2.05, 4.69) is 6.07 Å². The van der Waals surface area contributed by atoms with E-state index >= 15 is 0 Å². The van der Waals surface area contributed by atoms with Gasteiger partial charge < -0.3 is 4.79 Å². The summed E-state index contributed by atoms with van der Waals surface area (Å²) >= 11 is 0. The Labute approximate surface area is 107 Å². The summed E-state index contributed by atoms with van der Waals surface area (Å²) in [5, 5.41) is 0. The Morgan fingerprint density at radius 3 is 2.62 bits per heavy atom. The third-order valence-corrected chi connectivity index (χ3v) is 2.81. The zero-order valence-corrected chi connectivity index (χ0v) is 9.16. The molecule has 0 aromatic heterocycles. The maximum Gasteiger partial charge on any atom is 1.00 e. The van der Waals surface area contributed by atoms with Crippen molar-refractivity contribution in [1.82, 2.24) is 0 Å². The van der Waals surface area contributed by atoms with Crippen molar-refractivity contribution in [3.63, 3.8) is 0 Å². The largest absolute Gasteiger partial charge is 1.00 e. The molecule has 0 atom stereocenters. The second-order valence-corrected chi connectivity index (χ2v) is 3.73. The molecule has 0 bridgehead atoms. The first-order valence-corrected chi connectivity index (χ1v) is 4.98. The van der Waals surface area contributed by atoms with Crippen molar-refractivity contribution in [2.45, 2.75) is 6.42 Å². The van der Waals surface area contributed by atoms with Crippen LogP contribution in [0.5, 0.6) is 0 Å². The second-order valence-electron chi connectivity index (χ2n) is 3.73. The molecule has 0 saturated heterocycles. The molecule has 0 saturated carbocycles. The van der Waals surface area contributed by atoms with Crippen molar-refractivity contribution in [3.8, 4) is 0 Å². The van der Waals surface area contributed by atoms with Gasteiger partial charge in [0.2, 0.25) is 0 Å². The second kappa shape index (κ2) is 4.29. The Morgan fingerprint density at radius 2 is 1.75 bits per heavy atom. The van der Waals surface area contributed by atoms with Gasteiger partial charge in [0.25, 0.3) is 0 Å². The predicted octanol–water partition coefficient (Wildman–Crippen LogP) is -0.374. The van der Waals surface area contributed by atoms with Gasteiger partial charge in [0.05, 0.1) is 0 Å². The van der Waals surface area contributed by atoms with Crippen LogP contribution in [0.25, 0.3) is 0 Å². The summed E-state index contributed by atoms with van der Waals surface area (Å²) in [6.45, 7) is 0. The Morgan fingerprint density at radius 1 is 1.00 bits per heavy atom. The molecule has 2 aromatic rings. The van der Waals surface area contributed by atoms with E-state index < -0.39 is 0 Å². The Balaban J connectivity index is 0.000000963. The molecule has 0 N–H and O–H groups in total. The number of carbonyl (C=O) groups excluding carboxylic acids is 1. The molecule has 1 nitrogen and oxygen atoms in total. The van der Waals surface area contributed by atoms with E-state index in [0.29, 0.717) is 0 Å². The molecule has 1 aliphatic carbocycles. The van der Waals surface area contributed by atoms with Gasteiger partial charge in [-0.25, -0.2) is 0 Å². The van der Waals surface area contributed by atoms with E-state index in [9.17, 15) is 4.79 Å². The SMILES string of the molecule is O=C1c2[c-]cccc2Cc2ccccc21.[Li+]. The minimum Gasteiger partial charge on any atom is -0.346 e. The van der Waals surface area contributed by atoms with E-state index in [0.717, 1.165) is 28.7 Å². The summed E-state index contributed by atoms with van der Waals surface area (Å²) in [6, 6.07) is 16.5. The predicted molar refractivity (Wildman–Crippen MR) is 58.0 cm³/mol. The van der Waals surface area contributed by atoms with Gasteiger partial charge in [-0.05, 0) is 12.0 Å². The third-order valence-electron chi connectivity index (χ3n) is 2.81. The van der Waals surface area contributed by atoms with Crippen LogP contribution in [0.3, 0.4) is 0 Å². The normalized spacial score (nSPS) is 12.4. The quantitative estimate of drug-likeness (QED) is 0.357. The Kier molecular flexibility index (Phi) is 3.01. The zero-order chi connectivity index (χ0) is 10.3. The molecule has 0 fully saturated rings. The van der Waals surface area contributed by atoms with Crippen molar-refractivity contribution in [3.05, 3.63) is 70.8 Å². The van der Waals surface area contributed by atoms with Crippen molar-refractivity contribution >= 4 is 5.78 Å². The van der Waals surface area contributed by atoms with Crippen LogP contribution in [0.4, 0.5) is 0 Å². The summed E-state index contributed by atoms with van der Waals surface area (Å²) in [7, 11) is 0. The van der Waals surface area contributed by atoms with Crippen LogP contribution in [-0.4, -0.2) is 5.78 Å².